The van der Waals surface area contributed by atoms with Crippen molar-refractivity contribution in [3.63, 3.8) is 0 Å². The smallest absolute Gasteiger partial charge is 0.263 e. The number of carbonyl (C=O) groups excluding carboxylic acids is 1. The fourth-order valence-corrected chi connectivity index (χ4v) is 5.48. The predicted molar refractivity (Wildman–Crippen MR) is 135 cm³/mol. The number of rotatable bonds is 5. The maximum absolute atomic E-state index is 13.5. The maximum atomic E-state index is 13.5. The van der Waals surface area contributed by atoms with Gasteiger partial charge in [0.15, 0.2) is 5.13 Å². The van der Waals surface area contributed by atoms with Gasteiger partial charge in [-0.05, 0) is 19.4 Å². The Morgan fingerprint density at radius 2 is 1.70 bits per heavy atom. The molecule has 0 aliphatic carbocycles. The third kappa shape index (κ3) is 3.99. The number of hydrogen-bond donors (Lipinski definition) is 1. The Balaban J connectivity index is 1.46. The summed E-state index contributed by atoms with van der Waals surface area (Å²) in [6, 6.07) is 18.8. The Morgan fingerprint density at radius 1 is 1.03 bits per heavy atom. The predicted octanol–water partition coefficient (Wildman–Crippen LogP) is 5.76. The van der Waals surface area contributed by atoms with Crippen LogP contribution >= 0.6 is 22.7 Å². The van der Waals surface area contributed by atoms with E-state index in [1.54, 1.807) is 6.92 Å². The maximum Gasteiger partial charge on any atom is 0.263 e. The first-order valence-electron chi connectivity index (χ1n) is 10.4. The SMILES string of the molecule is Cc1sc2ncn(C(C)C(=O)Nc3nc(-c4ccccc4)cs3)c(=O)c2c1-c1ccccc1. The Hall–Kier alpha value is -3.62. The summed E-state index contributed by atoms with van der Waals surface area (Å²) in [7, 11) is 0. The van der Waals surface area contributed by atoms with Gasteiger partial charge in [0.2, 0.25) is 5.91 Å². The highest BCUT2D eigenvalue weighted by molar-refractivity contribution is 7.19. The standard InChI is InChI=1S/C25H20N4O2S2/c1-15(22(30)28-25-27-19(13-32-25)17-9-5-3-6-10-17)29-14-26-23-21(24(29)31)20(16(2)33-23)18-11-7-4-8-12-18/h3-15H,1-2H3,(H,27,28,30). The highest BCUT2D eigenvalue weighted by atomic mass is 32.1. The topological polar surface area (TPSA) is 76.9 Å². The third-order valence-corrected chi connectivity index (χ3v) is 7.25. The molecule has 5 rings (SSSR count). The van der Waals surface area contributed by atoms with Crippen LogP contribution in [0.3, 0.4) is 0 Å². The number of aromatic nitrogens is 3. The molecule has 0 bridgehead atoms. The lowest BCUT2D eigenvalue weighted by Crippen LogP contribution is -2.31. The molecule has 0 aliphatic heterocycles. The van der Waals surface area contributed by atoms with Gasteiger partial charge >= 0.3 is 0 Å². The zero-order valence-corrected chi connectivity index (χ0v) is 19.6. The molecule has 0 aliphatic rings. The highest BCUT2D eigenvalue weighted by Crippen LogP contribution is 2.35. The molecule has 6 nitrogen and oxygen atoms in total. The molecular weight excluding hydrogens is 452 g/mol. The minimum Gasteiger partial charge on any atom is -0.300 e. The summed E-state index contributed by atoms with van der Waals surface area (Å²) in [5.41, 5.74) is 3.39. The zero-order chi connectivity index (χ0) is 22.9. The van der Waals surface area contributed by atoms with E-state index in [9.17, 15) is 9.59 Å². The Labute approximate surface area is 198 Å². The van der Waals surface area contributed by atoms with Crippen molar-refractivity contribution in [2.75, 3.05) is 5.32 Å². The summed E-state index contributed by atoms with van der Waals surface area (Å²) in [5.74, 6) is -0.319. The van der Waals surface area contributed by atoms with Crippen molar-refractivity contribution in [2.24, 2.45) is 0 Å². The number of hydrogen-bond acceptors (Lipinski definition) is 6. The molecule has 1 amide bonds. The van der Waals surface area contributed by atoms with E-state index in [1.165, 1.54) is 33.6 Å². The van der Waals surface area contributed by atoms with E-state index in [0.717, 1.165) is 27.3 Å². The van der Waals surface area contributed by atoms with Crippen LogP contribution < -0.4 is 10.9 Å². The first-order chi connectivity index (χ1) is 16.0. The molecule has 0 spiro atoms. The minimum atomic E-state index is -0.748. The Bertz CT molecular complexity index is 1500. The van der Waals surface area contributed by atoms with E-state index in [4.69, 9.17) is 0 Å². The molecule has 1 atom stereocenters. The number of thiophene rings is 1. The van der Waals surface area contributed by atoms with Crippen molar-refractivity contribution in [1.29, 1.82) is 0 Å². The minimum absolute atomic E-state index is 0.227. The van der Waals surface area contributed by atoms with Gasteiger partial charge in [0.25, 0.3) is 5.56 Å². The fourth-order valence-electron chi connectivity index (χ4n) is 3.75. The third-order valence-electron chi connectivity index (χ3n) is 5.48. The average Bonchev–Trinajstić information content (AvgIpc) is 3.44. The van der Waals surface area contributed by atoms with Gasteiger partial charge in [0.1, 0.15) is 10.9 Å². The zero-order valence-electron chi connectivity index (χ0n) is 18.0. The van der Waals surface area contributed by atoms with Gasteiger partial charge in [0.05, 0.1) is 17.4 Å². The van der Waals surface area contributed by atoms with Gasteiger partial charge in [-0.3, -0.25) is 14.2 Å². The van der Waals surface area contributed by atoms with Crippen molar-refractivity contribution in [2.45, 2.75) is 19.9 Å². The number of thiazole rings is 1. The number of fused-ring (bicyclic) bond motifs is 1. The summed E-state index contributed by atoms with van der Waals surface area (Å²) in [5, 5.41) is 5.78. The van der Waals surface area contributed by atoms with Crippen molar-refractivity contribution in [3.8, 4) is 22.4 Å². The summed E-state index contributed by atoms with van der Waals surface area (Å²) in [6.45, 7) is 3.68. The summed E-state index contributed by atoms with van der Waals surface area (Å²) < 4.78 is 1.39. The van der Waals surface area contributed by atoms with Crippen LogP contribution in [-0.2, 0) is 4.79 Å². The molecule has 5 aromatic rings. The van der Waals surface area contributed by atoms with Crippen LogP contribution in [0, 0.1) is 6.92 Å². The van der Waals surface area contributed by atoms with Crippen LogP contribution in [-0.4, -0.2) is 20.4 Å². The molecule has 1 N–H and O–H groups in total. The number of anilines is 1. The second-order valence-electron chi connectivity index (χ2n) is 7.61. The number of carbonyl (C=O) groups is 1. The van der Waals surface area contributed by atoms with Crippen molar-refractivity contribution < 1.29 is 4.79 Å². The van der Waals surface area contributed by atoms with Gasteiger partial charge in [-0.1, -0.05) is 60.7 Å². The normalized spacial score (nSPS) is 12.1. The number of amides is 1. The Kier molecular flexibility index (Phi) is 5.62. The summed E-state index contributed by atoms with van der Waals surface area (Å²) in [4.78, 5) is 37.1. The fraction of sp³-hybridized carbons (Fsp3) is 0.120. The molecule has 0 radical (unpaired) electrons. The molecule has 2 aromatic carbocycles. The number of nitrogens with one attached hydrogen (secondary N) is 1. The van der Waals surface area contributed by atoms with Crippen molar-refractivity contribution in [1.82, 2.24) is 14.5 Å². The molecule has 0 saturated heterocycles. The first-order valence-corrected chi connectivity index (χ1v) is 12.1. The van der Waals surface area contributed by atoms with Crippen LogP contribution in [0.5, 0.6) is 0 Å². The van der Waals surface area contributed by atoms with Gasteiger partial charge in [-0.15, -0.1) is 22.7 Å². The number of nitrogens with zero attached hydrogens (tertiary/aromatic N) is 3. The quantitative estimate of drug-likeness (QED) is 0.353. The summed E-state index contributed by atoms with van der Waals surface area (Å²) in [6.07, 6.45) is 1.46. The molecule has 3 heterocycles. The van der Waals surface area contributed by atoms with Crippen LogP contribution in [0.15, 0.2) is 77.2 Å². The Morgan fingerprint density at radius 3 is 2.39 bits per heavy atom. The monoisotopic (exact) mass is 472 g/mol. The molecule has 0 fully saturated rings. The largest absolute Gasteiger partial charge is 0.300 e. The lowest BCUT2D eigenvalue weighted by atomic mass is 10.0. The van der Waals surface area contributed by atoms with Crippen LogP contribution in [0.25, 0.3) is 32.6 Å². The first kappa shape index (κ1) is 21.2. The van der Waals surface area contributed by atoms with E-state index in [2.05, 4.69) is 15.3 Å². The lowest BCUT2D eigenvalue weighted by molar-refractivity contribution is -0.118. The molecule has 3 aromatic heterocycles. The van der Waals surface area contributed by atoms with Crippen LogP contribution in [0.1, 0.15) is 17.8 Å². The van der Waals surface area contributed by atoms with Crippen LogP contribution in [0.2, 0.25) is 0 Å². The summed E-state index contributed by atoms with van der Waals surface area (Å²) >= 11 is 2.84. The van der Waals surface area contributed by atoms with Crippen LogP contribution in [0.4, 0.5) is 5.13 Å². The molecule has 0 saturated carbocycles. The second-order valence-corrected chi connectivity index (χ2v) is 9.67. The van der Waals surface area contributed by atoms with Crippen molar-refractivity contribution >= 4 is 43.9 Å². The number of benzene rings is 2. The van der Waals surface area contributed by atoms with Gasteiger partial charge in [-0.25, -0.2) is 9.97 Å². The van der Waals surface area contributed by atoms with Gasteiger partial charge in [-0.2, -0.15) is 0 Å². The van der Waals surface area contributed by atoms with E-state index in [0.29, 0.717) is 15.3 Å². The second kappa shape index (κ2) is 8.73. The average molecular weight is 473 g/mol. The molecule has 33 heavy (non-hydrogen) atoms. The molecule has 164 valence electrons. The van der Waals surface area contributed by atoms with Gasteiger partial charge < -0.3 is 5.32 Å². The molecular formula is C25H20N4O2S2. The highest BCUT2D eigenvalue weighted by Gasteiger charge is 2.22. The van der Waals surface area contributed by atoms with Gasteiger partial charge in [0, 0.05) is 21.4 Å². The van der Waals surface area contributed by atoms with Crippen molar-refractivity contribution in [3.05, 3.63) is 87.6 Å². The van der Waals surface area contributed by atoms with E-state index >= 15 is 0 Å². The van der Waals surface area contributed by atoms with E-state index in [1.807, 2.05) is 73.0 Å². The van der Waals surface area contributed by atoms with E-state index in [-0.39, 0.29) is 11.5 Å². The lowest BCUT2D eigenvalue weighted by Gasteiger charge is -2.14. The molecule has 8 heteroatoms. The number of aryl methyl sites for hydroxylation is 1. The molecule has 1 unspecified atom stereocenters. The van der Waals surface area contributed by atoms with E-state index < -0.39 is 6.04 Å².